The third kappa shape index (κ3) is 1.58. The summed E-state index contributed by atoms with van der Waals surface area (Å²) in [6.07, 6.45) is 3.75. The first-order valence-electron chi connectivity index (χ1n) is 3.01. The maximum absolute atomic E-state index is 9.86. The monoisotopic (exact) mass is 136 g/mol. The largest absolute Gasteiger partial charge is 0.462 e. The van der Waals surface area contributed by atoms with Crippen molar-refractivity contribution in [2.45, 2.75) is 6.92 Å². The molecule has 52 valence electrons. The molecule has 0 aromatic carbocycles. The van der Waals surface area contributed by atoms with Crippen LogP contribution in [0.1, 0.15) is 11.5 Å². The number of carbonyl (C=O) groups is 1. The van der Waals surface area contributed by atoms with E-state index in [-0.39, 0.29) is 0 Å². The Hall–Kier alpha value is -1.31. The van der Waals surface area contributed by atoms with Crippen LogP contribution in [0.4, 0.5) is 0 Å². The molecule has 0 aliphatic rings. The van der Waals surface area contributed by atoms with Crippen molar-refractivity contribution in [1.82, 2.24) is 0 Å². The highest BCUT2D eigenvalue weighted by atomic mass is 16.3. The van der Waals surface area contributed by atoms with Crippen LogP contribution in [0, 0.1) is 6.92 Å². The highest BCUT2D eigenvalue weighted by Crippen LogP contribution is 2.06. The van der Waals surface area contributed by atoms with Gasteiger partial charge < -0.3 is 4.42 Å². The molecule has 1 heterocycles. The summed E-state index contributed by atoms with van der Waals surface area (Å²) in [5, 5.41) is 0. The van der Waals surface area contributed by atoms with E-state index >= 15 is 0 Å². The van der Waals surface area contributed by atoms with Gasteiger partial charge in [-0.25, -0.2) is 0 Å². The van der Waals surface area contributed by atoms with Crippen molar-refractivity contribution in [3.05, 3.63) is 29.7 Å². The first-order valence-corrected chi connectivity index (χ1v) is 3.01. The van der Waals surface area contributed by atoms with Gasteiger partial charge in [-0.3, -0.25) is 4.79 Å². The minimum atomic E-state index is 0.713. The molecule has 0 aliphatic heterocycles. The number of aryl methyl sites for hydroxylation is 1. The Bertz CT molecular complexity index is 246. The molecule has 1 rings (SSSR count). The predicted octanol–water partition coefficient (Wildman–Crippen LogP) is 1.80. The van der Waals surface area contributed by atoms with Crippen LogP contribution < -0.4 is 0 Å². The SMILES string of the molecule is Cc1ccc(/C=C\C=O)o1. The molecule has 1 aromatic heterocycles. The van der Waals surface area contributed by atoms with Crippen molar-refractivity contribution in [2.75, 3.05) is 0 Å². The lowest BCUT2D eigenvalue weighted by molar-refractivity contribution is -0.104. The van der Waals surface area contributed by atoms with Gasteiger partial charge in [-0.15, -0.1) is 0 Å². The second kappa shape index (κ2) is 3.01. The minimum absolute atomic E-state index is 0.713. The number of furan rings is 1. The van der Waals surface area contributed by atoms with E-state index in [0.717, 1.165) is 12.0 Å². The summed E-state index contributed by atoms with van der Waals surface area (Å²) in [7, 11) is 0. The van der Waals surface area contributed by atoms with Crippen molar-refractivity contribution >= 4 is 12.4 Å². The van der Waals surface area contributed by atoms with Gasteiger partial charge >= 0.3 is 0 Å². The van der Waals surface area contributed by atoms with Gasteiger partial charge in [0.2, 0.25) is 0 Å². The molecule has 2 nitrogen and oxygen atoms in total. The van der Waals surface area contributed by atoms with Gasteiger partial charge in [-0.2, -0.15) is 0 Å². The molecular formula is C8H8O2. The summed E-state index contributed by atoms with van der Waals surface area (Å²) in [5.41, 5.74) is 0. The van der Waals surface area contributed by atoms with Crippen molar-refractivity contribution < 1.29 is 9.21 Å². The molecule has 0 spiro atoms. The van der Waals surface area contributed by atoms with Crippen molar-refractivity contribution in [2.24, 2.45) is 0 Å². The van der Waals surface area contributed by atoms with Gasteiger partial charge in [-0.05, 0) is 31.2 Å². The van der Waals surface area contributed by atoms with Crippen LogP contribution in [-0.2, 0) is 4.79 Å². The zero-order valence-electron chi connectivity index (χ0n) is 5.70. The standard InChI is InChI=1S/C8H8O2/c1-7-4-5-8(10-7)3-2-6-9/h2-6H,1H3/b3-2-. The molecule has 0 atom stereocenters. The Morgan fingerprint density at radius 3 is 2.80 bits per heavy atom. The molecule has 10 heavy (non-hydrogen) atoms. The number of hydrogen-bond acceptors (Lipinski definition) is 2. The molecule has 0 saturated carbocycles. The second-order valence-electron chi connectivity index (χ2n) is 1.94. The first kappa shape index (κ1) is 6.81. The van der Waals surface area contributed by atoms with E-state index in [1.165, 1.54) is 6.08 Å². The summed E-state index contributed by atoms with van der Waals surface area (Å²) in [6, 6.07) is 3.67. The Kier molecular flexibility index (Phi) is 2.05. The Balaban J connectivity index is 2.75. The van der Waals surface area contributed by atoms with E-state index in [1.807, 2.05) is 19.1 Å². The molecule has 0 radical (unpaired) electrons. The predicted molar refractivity (Wildman–Crippen MR) is 38.5 cm³/mol. The Morgan fingerprint density at radius 2 is 2.30 bits per heavy atom. The fourth-order valence-corrected chi connectivity index (χ4v) is 0.677. The van der Waals surface area contributed by atoms with Crippen LogP contribution in [0.2, 0.25) is 0 Å². The topological polar surface area (TPSA) is 30.2 Å². The average molecular weight is 136 g/mol. The summed E-state index contributed by atoms with van der Waals surface area (Å²) in [5.74, 6) is 1.56. The maximum atomic E-state index is 9.86. The quantitative estimate of drug-likeness (QED) is 0.458. The van der Waals surface area contributed by atoms with Crippen LogP contribution in [-0.4, -0.2) is 6.29 Å². The van der Waals surface area contributed by atoms with Gasteiger partial charge in [0.1, 0.15) is 17.8 Å². The molecule has 0 saturated heterocycles. The lowest BCUT2D eigenvalue weighted by Gasteiger charge is -1.80. The lowest BCUT2D eigenvalue weighted by atomic mass is 10.4. The molecule has 0 bridgehead atoms. The number of allylic oxidation sites excluding steroid dienone is 1. The summed E-state index contributed by atoms with van der Waals surface area (Å²) in [4.78, 5) is 9.86. The van der Waals surface area contributed by atoms with Crippen LogP contribution >= 0.6 is 0 Å². The van der Waals surface area contributed by atoms with Crippen molar-refractivity contribution in [1.29, 1.82) is 0 Å². The summed E-state index contributed by atoms with van der Waals surface area (Å²) >= 11 is 0. The van der Waals surface area contributed by atoms with Gasteiger partial charge in [0.25, 0.3) is 0 Å². The number of carbonyl (C=O) groups excluding carboxylic acids is 1. The van der Waals surface area contributed by atoms with Gasteiger partial charge in [0.05, 0.1) is 0 Å². The second-order valence-corrected chi connectivity index (χ2v) is 1.94. The number of hydrogen-bond donors (Lipinski definition) is 0. The van der Waals surface area contributed by atoms with E-state index < -0.39 is 0 Å². The highest BCUT2D eigenvalue weighted by molar-refractivity contribution is 5.72. The smallest absolute Gasteiger partial charge is 0.142 e. The van der Waals surface area contributed by atoms with E-state index in [0.29, 0.717) is 5.76 Å². The van der Waals surface area contributed by atoms with Crippen LogP contribution in [0.25, 0.3) is 6.08 Å². The fraction of sp³-hybridized carbons (Fsp3) is 0.125. The Labute approximate surface area is 59.2 Å². The van der Waals surface area contributed by atoms with Gasteiger partial charge in [0, 0.05) is 0 Å². The zero-order valence-corrected chi connectivity index (χ0v) is 5.70. The van der Waals surface area contributed by atoms with E-state index in [1.54, 1.807) is 6.08 Å². The summed E-state index contributed by atoms with van der Waals surface area (Å²) < 4.78 is 5.14. The molecule has 2 heteroatoms. The van der Waals surface area contributed by atoms with E-state index in [4.69, 9.17) is 4.42 Å². The van der Waals surface area contributed by atoms with Crippen molar-refractivity contribution in [3.63, 3.8) is 0 Å². The number of rotatable bonds is 2. The molecule has 0 fully saturated rings. The van der Waals surface area contributed by atoms with Gasteiger partial charge in [0.15, 0.2) is 0 Å². The van der Waals surface area contributed by atoms with Crippen LogP contribution in [0.5, 0.6) is 0 Å². The molecule has 0 N–H and O–H groups in total. The normalized spacial score (nSPS) is 10.5. The lowest BCUT2D eigenvalue weighted by Crippen LogP contribution is -1.61. The minimum Gasteiger partial charge on any atom is -0.462 e. The maximum Gasteiger partial charge on any atom is 0.142 e. The molecule has 0 aliphatic carbocycles. The molecule has 0 amide bonds. The molecule has 0 unspecified atom stereocenters. The third-order valence-electron chi connectivity index (χ3n) is 1.10. The fourth-order valence-electron chi connectivity index (χ4n) is 0.677. The average Bonchev–Trinajstić information content (AvgIpc) is 2.31. The van der Waals surface area contributed by atoms with Crippen LogP contribution in [0.3, 0.4) is 0 Å². The molecule has 1 aromatic rings. The summed E-state index contributed by atoms with van der Waals surface area (Å²) in [6.45, 7) is 1.86. The van der Waals surface area contributed by atoms with Crippen molar-refractivity contribution in [3.8, 4) is 0 Å². The number of aldehydes is 1. The van der Waals surface area contributed by atoms with E-state index in [2.05, 4.69) is 0 Å². The van der Waals surface area contributed by atoms with Gasteiger partial charge in [-0.1, -0.05) is 0 Å². The Morgan fingerprint density at radius 1 is 1.50 bits per heavy atom. The molecular weight excluding hydrogens is 128 g/mol. The first-order chi connectivity index (χ1) is 4.83. The van der Waals surface area contributed by atoms with Crippen LogP contribution in [0.15, 0.2) is 22.6 Å². The zero-order chi connectivity index (χ0) is 7.40. The third-order valence-corrected chi connectivity index (χ3v) is 1.10. The van der Waals surface area contributed by atoms with E-state index in [9.17, 15) is 4.79 Å². The highest BCUT2D eigenvalue weighted by Gasteiger charge is 1.90.